The van der Waals surface area contributed by atoms with Crippen LogP contribution in [0.25, 0.3) is 0 Å². The molecule has 2 unspecified atom stereocenters. The van der Waals surface area contributed by atoms with E-state index in [1.807, 2.05) is 12.1 Å². The Labute approximate surface area is 95.5 Å². The number of ether oxygens (including phenoxy) is 1. The van der Waals surface area contributed by atoms with E-state index in [1.165, 1.54) is 5.56 Å². The Hall–Kier alpha value is -1.51. The van der Waals surface area contributed by atoms with Crippen molar-refractivity contribution in [1.29, 1.82) is 0 Å². The molecule has 16 heavy (non-hydrogen) atoms. The second kappa shape index (κ2) is 3.81. The lowest BCUT2D eigenvalue weighted by Crippen LogP contribution is -2.38. The van der Waals surface area contributed by atoms with Crippen molar-refractivity contribution in [3.05, 3.63) is 29.8 Å². The Kier molecular flexibility index (Phi) is 2.31. The van der Waals surface area contributed by atoms with Crippen LogP contribution in [0.2, 0.25) is 0 Å². The lowest BCUT2D eigenvalue weighted by molar-refractivity contribution is 0.218. The minimum absolute atomic E-state index is 0.118. The van der Waals surface area contributed by atoms with Crippen LogP contribution in [0, 0.1) is 0 Å². The van der Waals surface area contributed by atoms with Crippen molar-refractivity contribution in [1.82, 2.24) is 5.32 Å². The van der Waals surface area contributed by atoms with Gasteiger partial charge in [0.2, 0.25) is 0 Å². The van der Waals surface area contributed by atoms with E-state index in [0.29, 0.717) is 5.92 Å². The number of nitrogens with zero attached hydrogens (tertiary/aromatic N) is 1. The summed E-state index contributed by atoms with van der Waals surface area (Å²) in [6.45, 7) is 4.08. The van der Waals surface area contributed by atoms with Crippen LogP contribution < -0.4 is 10.1 Å². The standard InChI is InChI=1S/C13H16N2O/c1-9-8-12(13-14-6-7-15-13)16-11-5-3-2-4-10(9)11/h2-5,9,12H,6-8H2,1H3,(H,14,15). The van der Waals surface area contributed by atoms with Gasteiger partial charge in [-0.05, 0) is 24.0 Å². The highest BCUT2D eigenvalue weighted by atomic mass is 16.5. The highest BCUT2D eigenvalue weighted by Gasteiger charge is 2.29. The summed E-state index contributed by atoms with van der Waals surface area (Å²) in [6.07, 6.45) is 1.13. The van der Waals surface area contributed by atoms with E-state index in [2.05, 4.69) is 29.4 Å². The molecule has 2 atom stereocenters. The molecule has 3 heteroatoms. The number of rotatable bonds is 1. The monoisotopic (exact) mass is 216 g/mol. The SMILES string of the molecule is CC1CC(C2=NCCN2)Oc2ccccc21. The molecule has 1 N–H and O–H groups in total. The molecule has 84 valence electrons. The molecule has 0 spiro atoms. The molecular formula is C13H16N2O. The second-order valence-electron chi connectivity index (χ2n) is 4.47. The van der Waals surface area contributed by atoms with Crippen molar-refractivity contribution in [2.75, 3.05) is 13.1 Å². The normalized spacial score (nSPS) is 27.7. The summed E-state index contributed by atoms with van der Waals surface area (Å²) < 4.78 is 5.99. The van der Waals surface area contributed by atoms with Gasteiger partial charge in [0.05, 0.1) is 6.54 Å². The predicted octanol–water partition coefficient (Wildman–Crippen LogP) is 1.94. The summed E-state index contributed by atoms with van der Waals surface area (Å²) in [5.41, 5.74) is 1.32. The van der Waals surface area contributed by atoms with Crippen LogP contribution in [0.1, 0.15) is 24.8 Å². The van der Waals surface area contributed by atoms with E-state index < -0.39 is 0 Å². The Bertz CT molecular complexity index is 428. The summed E-state index contributed by atoms with van der Waals surface area (Å²) >= 11 is 0. The van der Waals surface area contributed by atoms with Gasteiger partial charge in [-0.3, -0.25) is 4.99 Å². The van der Waals surface area contributed by atoms with Gasteiger partial charge in [-0.15, -0.1) is 0 Å². The van der Waals surface area contributed by atoms with Crippen molar-refractivity contribution < 1.29 is 4.74 Å². The zero-order valence-corrected chi connectivity index (χ0v) is 9.44. The number of aliphatic imine (C=N–C) groups is 1. The van der Waals surface area contributed by atoms with Crippen LogP contribution in [0.5, 0.6) is 5.75 Å². The molecule has 0 amide bonds. The second-order valence-corrected chi connectivity index (χ2v) is 4.47. The van der Waals surface area contributed by atoms with E-state index in [1.54, 1.807) is 0 Å². The fourth-order valence-electron chi connectivity index (χ4n) is 2.44. The van der Waals surface area contributed by atoms with Crippen molar-refractivity contribution in [3.63, 3.8) is 0 Å². The van der Waals surface area contributed by atoms with Gasteiger partial charge in [0.25, 0.3) is 0 Å². The molecule has 0 bridgehead atoms. The highest BCUT2D eigenvalue weighted by Crippen LogP contribution is 2.35. The summed E-state index contributed by atoms with van der Waals surface area (Å²) in [5, 5.41) is 3.30. The molecule has 3 rings (SSSR count). The summed E-state index contributed by atoms with van der Waals surface area (Å²) in [6, 6.07) is 8.30. The van der Waals surface area contributed by atoms with Gasteiger partial charge in [0, 0.05) is 6.54 Å². The maximum Gasteiger partial charge on any atom is 0.156 e. The molecule has 2 aliphatic rings. The van der Waals surface area contributed by atoms with E-state index in [9.17, 15) is 0 Å². The van der Waals surface area contributed by atoms with Crippen LogP contribution in [0.15, 0.2) is 29.3 Å². The zero-order valence-electron chi connectivity index (χ0n) is 9.44. The molecule has 0 saturated heterocycles. The molecule has 2 heterocycles. The lowest BCUT2D eigenvalue weighted by Gasteiger charge is -2.30. The van der Waals surface area contributed by atoms with Crippen LogP contribution in [0.4, 0.5) is 0 Å². The van der Waals surface area contributed by atoms with Crippen molar-refractivity contribution in [2.45, 2.75) is 25.4 Å². The number of nitrogens with one attached hydrogen (secondary N) is 1. The lowest BCUT2D eigenvalue weighted by atomic mass is 9.91. The molecular weight excluding hydrogens is 200 g/mol. The number of hydrogen-bond acceptors (Lipinski definition) is 3. The van der Waals surface area contributed by atoms with Gasteiger partial charge in [-0.2, -0.15) is 0 Å². The summed E-state index contributed by atoms with van der Waals surface area (Å²) in [5.74, 6) is 2.59. The van der Waals surface area contributed by atoms with Crippen LogP contribution in [-0.4, -0.2) is 25.0 Å². The van der Waals surface area contributed by atoms with E-state index in [4.69, 9.17) is 4.74 Å². The third-order valence-corrected chi connectivity index (χ3v) is 3.29. The molecule has 0 saturated carbocycles. The van der Waals surface area contributed by atoms with Gasteiger partial charge < -0.3 is 10.1 Å². The molecule has 1 aromatic rings. The molecule has 0 aliphatic carbocycles. The smallest absolute Gasteiger partial charge is 0.156 e. The summed E-state index contributed by atoms with van der Waals surface area (Å²) in [4.78, 5) is 4.45. The molecule has 0 aromatic heterocycles. The predicted molar refractivity (Wildman–Crippen MR) is 64.2 cm³/mol. The average molecular weight is 216 g/mol. The number of para-hydroxylation sites is 1. The quantitative estimate of drug-likeness (QED) is 0.778. The summed E-state index contributed by atoms with van der Waals surface area (Å²) in [7, 11) is 0. The largest absolute Gasteiger partial charge is 0.482 e. The van der Waals surface area contributed by atoms with Crippen LogP contribution in [-0.2, 0) is 0 Å². The van der Waals surface area contributed by atoms with Crippen molar-refractivity contribution >= 4 is 5.84 Å². The van der Waals surface area contributed by atoms with Gasteiger partial charge in [-0.25, -0.2) is 0 Å². The Morgan fingerprint density at radius 3 is 3.06 bits per heavy atom. The van der Waals surface area contributed by atoms with E-state index in [0.717, 1.165) is 31.1 Å². The number of benzene rings is 1. The van der Waals surface area contributed by atoms with Gasteiger partial charge in [0.1, 0.15) is 11.6 Å². The van der Waals surface area contributed by atoms with Crippen LogP contribution in [0.3, 0.4) is 0 Å². The Balaban J connectivity index is 1.88. The molecule has 0 fully saturated rings. The average Bonchev–Trinajstić information content (AvgIpc) is 2.82. The first-order valence-corrected chi connectivity index (χ1v) is 5.88. The number of fused-ring (bicyclic) bond motifs is 1. The third kappa shape index (κ3) is 1.56. The third-order valence-electron chi connectivity index (χ3n) is 3.29. The zero-order chi connectivity index (χ0) is 11.0. The molecule has 1 aromatic carbocycles. The van der Waals surface area contributed by atoms with E-state index in [-0.39, 0.29) is 6.10 Å². The Morgan fingerprint density at radius 2 is 2.25 bits per heavy atom. The molecule has 0 radical (unpaired) electrons. The maximum atomic E-state index is 5.99. The van der Waals surface area contributed by atoms with Crippen molar-refractivity contribution in [3.8, 4) is 5.75 Å². The maximum absolute atomic E-state index is 5.99. The minimum Gasteiger partial charge on any atom is -0.482 e. The van der Waals surface area contributed by atoms with Gasteiger partial charge >= 0.3 is 0 Å². The first-order valence-electron chi connectivity index (χ1n) is 5.88. The minimum atomic E-state index is 0.118. The highest BCUT2D eigenvalue weighted by molar-refractivity contribution is 5.88. The first kappa shape index (κ1) is 9.70. The fourth-order valence-corrected chi connectivity index (χ4v) is 2.44. The molecule has 3 nitrogen and oxygen atoms in total. The number of hydrogen-bond donors (Lipinski definition) is 1. The van der Waals surface area contributed by atoms with Gasteiger partial charge in [0.15, 0.2) is 6.10 Å². The first-order chi connectivity index (χ1) is 7.84. The fraction of sp³-hybridized carbons (Fsp3) is 0.462. The van der Waals surface area contributed by atoms with E-state index >= 15 is 0 Å². The topological polar surface area (TPSA) is 33.6 Å². The number of amidine groups is 1. The van der Waals surface area contributed by atoms with Gasteiger partial charge in [-0.1, -0.05) is 25.1 Å². The van der Waals surface area contributed by atoms with Crippen LogP contribution >= 0.6 is 0 Å². The van der Waals surface area contributed by atoms with Crippen molar-refractivity contribution in [2.24, 2.45) is 4.99 Å². The molecule has 2 aliphatic heterocycles. The Morgan fingerprint density at radius 1 is 1.38 bits per heavy atom.